The van der Waals surface area contributed by atoms with Gasteiger partial charge in [0.25, 0.3) is 0 Å². The van der Waals surface area contributed by atoms with Gasteiger partial charge in [-0.1, -0.05) is 111 Å². The van der Waals surface area contributed by atoms with Gasteiger partial charge in [0.2, 0.25) is 0 Å². The van der Waals surface area contributed by atoms with E-state index in [0.29, 0.717) is 17.3 Å². The Bertz CT molecular complexity index is 812. The maximum atomic E-state index is 12.6. The van der Waals surface area contributed by atoms with E-state index in [9.17, 15) is 4.79 Å². The highest BCUT2D eigenvalue weighted by Crippen LogP contribution is 2.67. The first-order valence-electron chi connectivity index (χ1n) is 17.6. The van der Waals surface area contributed by atoms with Gasteiger partial charge in [0.1, 0.15) is 6.10 Å². The van der Waals surface area contributed by atoms with Crippen LogP contribution in [0.25, 0.3) is 0 Å². The van der Waals surface area contributed by atoms with Crippen LogP contribution in [0.15, 0.2) is 11.6 Å². The summed E-state index contributed by atoms with van der Waals surface area (Å²) in [7, 11) is 0. The van der Waals surface area contributed by atoms with E-state index in [0.717, 1.165) is 54.8 Å². The minimum absolute atomic E-state index is 0.0550. The van der Waals surface area contributed by atoms with Crippen LogP contribution in [0.4, 0.5) is 0 Å². The fourth-order valence-electron chi connectivity index (χ4n) is 10.2. The van der Waals surface area contributed by atoms with Crippen LogP contribution < -0.4 is 0 Å². The first kappa shape index (κ1) is 31.2. The van der Waals surface area contributed by atoms with Crippen molar-refractivity contribution in [1.29, 1.82) is 0 Å². The molecule has 0 aromatic rings. The molecule has 3 saturated carbocycles. The zero-order valence-electron chi connectivity index (χ0n) is 26.9. The van der Waals surface area contributed by atoms with E-state index in [-0.39, 0.29) is 12.1 Å². The summed E-state index contributed by atoms with van der Waals surface area (Å²) in [4.78, 5) is 12.6. The first-order valence-corrected chi connectivity index (χ1v) is 17.6. The van der Waals surface area contributed by atoms with E-state index in [2.05, 4.69) is 47.6 Å². The average molecular weight is 541 g/mol. The van der Waals surface area contributed by atoms with E-state index in [1.807, 2.05) is 0 Å². The van der Waals surface area contributed by atoms with Crippen molar-refractivity contribution in [3.05, 3.63) is 11.6 Å². The molecule has 0 spiro atoms. The van der Waals surface area contributed by atoms with Crippen molar-refractivity contribution in [2.75, 3.05) is 0 Å². The fraction of sp³-hybridized carbons (Fsp3) is 0.919. The molecular weight excluding hydrogens is 476 g/mol. The number of fused-ring (bicyclic) bond motifs is 5. The van der Waals surface area contributed by atoms with Gasteiger partial charge in [-0.3, -0.25) is 4.79 Å². The SMILES string of the molecule is CCCCCCCCCC(=O)O[C@H]1CC[C@@]2(C)C(=CC[C@H]3[C@@H]4CC[C@H](C(C)CCCC(C)C)[C@@]4(C)CC[C@@H]32)C1. The third-order valence-corrected chi connectivity index (χ3v) is 12.5. The van der Waals surface area contributed by atoms with Gasteiger partial charge in [-0.2, -0.15) is 0 Å². The number of allylic oxidation sites excluding steroid dienone is 1. The predicted octanol–water partition coefficient (Wildman–Crippen LogP) is 11.1. The van der Waals surface area contributed by atoms with Crippen molar-refractivity contribution in [3.63, 3.8) is 0 Å². The van der Waals surface area contributed by atoms with Gasteiger partial charge in [0.15, 0.2) is 0 Å². The van der Waals surface area contributed by atoms with Crippen molar-refractivity contribution >= 4 is 5.97 Å². The standard InChI is InChI=1S/C37H64O2/c1-7-8-9-10-11-12-13-17-35(38)39-30-22-24-36(5)29(26-30)18-19-31-33-21-20-32(28(4)16-14-15-27(2)3)37(33,6)25-23-34(31)36/h18,27-28,30-34H,7-17,19-26H2,1-6H3/t28?,30-,31-,32+,33-,34-,36-,37+/m0/s1. The van der Waals surface area contributed by atoms with E-state index in [4.69, 9.17) is 4.74 Å². The van der Waals surface area contributed by atoms with Crippen molar-refractivity contribution in [2.45, 2.75) is 170 Å². The molecular formula is C37H64O2. The molecule has 39 heavy (non-hydrogen) atoms. The first-order chi connectivity index (χ1) is 18.7. The lowest BCUT2D eigenvalue weighted by Gasteiger charge is -2.58. The summed E-state index contributed by atoms with van der Waals surface area (Å²) < 4.78 is 6.06. The molecule has 0 heterocycles. The number of carbonyl (C=O) groups is 1. The Morgan fingerprint density at radius 1 is 0.897 bits per heavy atom. The third kappa shape index (κ3) is 7.17. The lowest BCUT2D eigenvalue weighted by atomic mass is 9.47. The highest BCUT2D eigenvalue weighted by atomic mass is 16.5. The summed E-state index contributed by atoms with van der Waals surface area (Å²) in [5, 5.41) is 0. The summed E-state index contributed by atoms with van der Waals surface area (Å²) in [6.07, 6.45) is 26.7. The molecule has 0 aromatic carbocycles. The quantitative estimate of drug-likeness (QED) is 0.124. The zero-order valence-corrected chi connectivity index (χ0v) is 26.9. The number of unbranched alkanes of at least 4 members (excludes halogenated alkanes) is 6. The molecule has 2 heteroatoms. The molecule has 2 nitrogen and oxygen atoms in total. The minimum Gasteiger partial charge on any atom is -0.462 e. The van der Waals surface area contributed by atoms with Crippen LogP contribution in [-0.2, 0) is 9.53 Å². The monoisotopic (exact) mass is 540 g/mol. The molecule has 1 unspecified atom stereocenters. The van der Waals surface area contributed by atoms with Crippen LogP contribution in [0.1, 0.15) is 164 Å². The molecule has 0 aromatic heterocycles. The summed E-state index contributed by atoms with van der Waals surface area (Å²) in [5.74, 6) is 5.34. The van der Waals surface area contributed by atoms with Crippen molar-refractivity contribution in [2.24, 2.45) is 46.3 Å². The average Bonchev–Trinajstić information content (AvgIpc) is 3.25. The number of rotatable bonds is 14. The van der Waals surface area contributed by atoms with Gasteiger partial charge in [-0.05, 0) is 97.7 Å². The maximum Gasteiger partial charge on any atom is 0.306 e. The van der Waals surface area contributed by atoms with E-state index < -0.39 is 0 Å². The molecule has 4 aliphatic carbocycles. The van der Waals surface area contributed by atoms with Crippen LogP contribution in [-0.4, -0.2) is 12.1 Å². The number of hydrogen-bond acceptors (Lipinski definition) is 2. The number of hydrogen-bond donors (Lipinski definition) is 0. The van der Waals surface area contributed by atoms with Crippen molar-refractivity contribution in [1.82, 2.24) is 0 Å². The second-order valence-electron chi connectivity index (χ2n) is 15.5. The Hall–Kier alpha value is -0.790. The van der Waals surface area contributed by atoms with Crippen molar-refractivity contribution in [3.8, 4) is 0 Å². The molecule has 4 aliphatic rings. The lowest BCUT2D eigenvalue weighted by molar-refractivity contribution is -0.151. The molecule has 0 amide bonds. The molecule has 0 aliphatic heterocycles. The van der Waals surface area contributed by atoms with Gasteiger partial charge < -0.3 is 4.74 Å². The third-order valence-electron chi connectivity index (χ3n) is 12.5. The van der Waals surface area contributed by atoms with Crippen LogP contribution in [0.3, 0.4) is 0 Å². The molecule has 224 valence electrons. The topological polar surface area (TPSA) is 26.3 Å². The molecule has 0 radical (unpaired) electrons. The van der Waals surface area contributed by atoms with Gasteiger partial charge in [0, 0.05) is 12.8 Å². The largest absolute Gasteiger partial charge is 0.462 e. The Morgan fingerprint density at radius 3 is 2.38 bits per heavy atom. The Morgan fingerprint density at radius 2 is 1.64 bits per heavy atom. The zero-order chi connectivity index (χ0) is 28.0. The molecule has 0 saturated heterocycles. The van der Waals surface area contributed by atoms with Crippen LogP contribution in [0.2, 0.25) is 0 Å². The van der Waals surface area contributed by atoms with Crippen LogP contribution in [0, 0.1) is 46.3 Å². The normalized spacial score (nSPS) is 36.6. The minimum atomic E-state index is 0.0550. The molecule has 3 fully saturated rings. The molecule has 4 rings (SSSR count). The summed E-state index contributed by atoms with van der Waals surface area (Å²) in [6.45, 7) is 14.9. The second-order valence-corrected chi connectivity index (χ2v) is 15.5. The van der Waals surface area contributed by atoms with Crippen molar-refractivity contribution < 1.29 is 9.53 Å². The van der Waals surface area contributed by atoms with Crippen LogP contribution >= 0.6 is 0 Å². The molecule has 8 atom stereocenters. The maximum absolute atomic E-state index is 12.6. The summed E-state index contributed by atoms with van der Waals surface area (Å²) >= 11 is 0. The lowest BCUT2D eigenvalue weighted by Crippen LogP contribution is -2.51. The number of carbonyl (C=O) groups excluding carboxylic acids is 1. The fourth-order valence-corrected chi connectivity index (χ4v) is 10.2. The van der Waals surface area contributed by atoms with E-state index in [1.165, 1.54) is 96.3 Å². The van der Waals surface area contributed by atoms with E-state index >= 15 is 0 Å². The number of esters is 1. The Balaban J connectivity index is 1.29. The van der Waals surface area contributed by atoms with Gasteiger partial charge in [-0.25, -0.2) is 0 Å². The Labute approximate surface area is 242 Å². The summed E-state index contributed by atoms with van der Waals surface area (Å²) in [5.41, 5.74) is 2.54. The second kappa shape index (κ2) is 13.9. The Kier molecular flexibility index (Phi) is 11.1. The van der Waals surface area contributed by atoms with Gasteiger partial charge in [-0.15, -0.1) is 0 Å². The predicted molar refractivity (Wildman–Crippen MR) is 166 cm³/mol. The molecule has 0 N–H and O–H groups in total. The highest BCUT2D eigenvalue weighted by Gasteiger charge is 2.59. The van der Waals surface area contributed by atoms with Gasteiger partial charge in [0.05, 0.1) is 0 Å². The highest BCUT2D eigenvalue weighted by molar-refractivity contribution is 5.69. The smallest absolute Gasteiger partial charge is 0.306 e. The number of ether oxygens (including phenoxy) is 1. The van der Waals surface area contributed by atoms with Crippen LogP contribution in [0.5, 0.6) is 0 Å². The molecule has 0 bridgehead atoms. The van der Waals surface area contributed by atoms with E-state index in [1.54, 1.807) is 5.57 Å². The van der Waals surface area contributed by atoms with Gasteiger partial charge >= 0.3 is 5.97 Å². The summed E-state index contributed by atoms with van der Waals surface area (Å²) in [6, 6.07) is 0.